The number of benzene rings is 1. The van der Waals surface area contributed by atoms with Gasteiger partial charge in [-0.3, -0.25) is 0 Å². The molecule has 0 unspecified atom stereocenters. The molecule has 10 nitrogen and oxygen atoms in total. The van der Waals surface area contributed by atoms with Crippen LogP contribution in [0.1, 0.15) is 5.76 Å². The minimum atomic E-state index is -1.52. The summed E-state index contributed by atoms with van der Waals surface area (Å²) >= 11 is 0. The lowest BCUT2D eigenvalue weighted by Gasteiger charge is -2.41. The Morgan fingerprint density at radius 2 is 1.89 bits per heavy atom. The average Bonchev–Trinajstić information content (AvgIpc) is 2.64. The third-order valence-corrected chi connectivity index (χ3v) is 4.61. The molecule has 154 valence electrons. The summed E-state index contributed by atoms with van der Waals surface area (Å²) in [6, 6.07) is 2.61. The van der Waals surface area contributed by atoms with Crippen molar-refractivity contribution >= 4 is 10.8 Å². The molecule has 2 heterocycles. The van der Waals surface area contributed by atoms with Crippen LogP contribution in [0.4, 0.5) is 0 Å². The van der Waals surface area contributed by atoms with E-state index in [1.165, 1.54) is 20.3 Å². The van der Waals surface area contributed by atoms with Crippen LogP contribution in [0.3, 0.4) is 0 Å². The molecule has 4 N–H and O–H groups in total. The number of methoxy groups -OCH3 is 2. The van der Waals surface area contributed by atoms with E-state index in [9.17, 15) is 25.2 Å². The lowest BCUT2D eigenvalue weighted by atomic mass is 9.99. The third kappa shape index (κ3) is 3.40. The molecule has 0 spiro atoms. The first-order chi connectivity index (χ1) is 13.3. The molecule has 0 aliphatic carbocycles. The van der Waals surface area contributed by atoms with Gasteiger partial charge in [0.2, 0.25) is 6.29 Å². The summed E-state index contributed by atoms with van der Waals surface area (Å²) in [5.74, 6) is -0.0660. The fourth-order valence-electron chi connectivity index (χ4n) is 3.29. The summed E-state index contributed by atoms with van der Waals surface area (Å²) < 4.78 is 26.5. The lowest BCUT2D eigenvalue weighted by molar-refractivity contribution is -0.282. The van der Waals surface area contributed by atoms with Crippen LogP contribution in [0.2, 0.25) is 0 Å². The maximum Gasteiger partial charge on any atom is 0.347 e. The summed E-state index contributed by atoms with van der Waals surface area (Å²) in [5, 5.41) is 40.4. The highest BCUT2D eigenvalue weighted by Crippen LogP contribution is 2.41. The van der Waals surface area contributed by atoms with Crippen molar-refractivity contribution in [2.75, 3.05) is 20.8 Å². The molecule has 3 rings (SSSR count). The van der Waals surface area contributed by atoms with Crippen molar-refractivity contribution in [2.45, 2.75) is 37.6 Å². The highest BCUT2D eigenvalue weighted by Gasteiger charge is 2.46. The van der Waals surface area contributed by atoms with E-state index >= 15 is 0 Å². The van der Waals surface area contributed by atoms with Gasteiger partial charge in [0.05, 0.1) is 13.7 Å². The Bertz CT molecular complexity index is 905. The van der Waals surface area contributed by atoms with Crippen LogP contribution < -0.4 is 15.1 Å². The van der Waals surface area contributed by atoms with E-state index in [0.29, 0.717) is 5.76 Å². The number of aliphatic hydroxyl groups excluding tert-OH is 3. The van der Waals surface area contributed by atoms with Crippen LogP contribution in [0.15, 0.2) is 21.3 Å². The molecule has 1 fully saturated rings. The second-order valence-electron chi connectivity index (χ2n) is 6.39. The smallest absolute Gasteiger partial charge is 0.347 e. The van der Waals surface area contributed by atoms with E-state index in [4.69, 9.17) is 23.4 Å². The summed E-state index contributed by atoms with van der Waals surface area (Å²) in [5.41, 5.74) is -0.745. The van der Waals surface area contributed by atoms with Crippen molar-refractivity contribution in [3.05, 3.63) is 28.3 Å². The second kappa shape index (κ2) is 7.94. The van der Waals surface area contributed by atoms with Gasteiger partial charge in [0.15, 0.2) is 11.5 Å². The van der Waals surface area contributed by atoms with Gasteiger partial charge in [0.1, 0.15) is 41.3 Å². The molecule has 0 radical (unpaired) electrons. The van der Waals surface area contributed by atoms with Crippen LogP contribution in [0, 0.1) is 6.92 Å². The Morgan fingerprint density at radius 3 is 2.50 bits per heavy atom. The molecule has 5 atom stereocenters. The minimum Gasteiger partial charge on any atom is -0.507 e. The van der Waals surface area contributed by atoms with Gasteiger partial charge in [-0.2, -0.15) is 0 Å². The Hall–Kier alpha value is -2.37. The number of hydrogen-bond acceptors (Lipinski definition) is 10. The second-order valence-corrected chi connectivity index (χ2v) is 6.39. The highest BCUT2D eigenvalue weighted by molar-refractivity contribution is 5.94. The Balaban J connectivity index is 2.03. The molecule has 0 amide bonds. The van der Waals surface area contributed by atoms with E-state index in [2.05, 4.69) is 0 Å². The van der Waals surface area contributed by atoms with E-state index in [0.717, 1.165) is 6.07 Å². The largest absolute Gasteiger partial charge is 0.507 e. The Morgan fingerprint density at radius 1 is 1.18 bits per heavy atom. The maximum atomic E-state index is 12.1. The van der Waals surface area contributed by atoms with Gasteiger partial charge in [-0.1, -0.05) is 0 Å². The quantitative estimate of drug-likeness (QED) is 0.526. The fraction of sp³-hybridized carbons (Fsp3) is 0.500. The molecule has 1 saturated heterocycles. The fourth-order valence-corrected chi connectivity index (χ4v) is 3.29. The number of phenols is 1. The first kappa shape index (κ1) is 20.4. The van der Waals surface area contributed by atoms with Gasteiger partial charge < -0.3 is 43.8 Å². The van der Waals surface area contributed by atoms with Crippen LogP contribution >= 0.6 is 0 Å². The van der Waals surface area contributed by atoms with Gasteiger partial charge in [-0.15, -0.1) is 0 Å². The van der Waals surface area contributed by atoms with Crippen molar-refractivity contribution < 1.29 is 43.8 Å². The number of phenolic OH excluding ortho intramolecular Hbond substituents is 1. The standard InChI is InChI=1S/C18H22O10/c1-7-4-8-12(17(23)26-7)9(20)5-10(15(8)24-2)27-18-14(22)13(21)16(25-3)11(6-19)28-18/h4-5,11,13-14,16,18-22H,6H2,1-3H3/t11-,13-,14-,16-,18-/m1/s1. The predicted octanol–water partition coefficient (Wildman–Crippen LogP) is -0.352. The number of ether oxygens (including phenoxy) is 4. The number of aromatic hydroxyl groups is 1. The number of fused-ring (bicyclic) bond motifs is 1. The van der Waals surface area contributed by atoms with Crippen molar-refractivity contribution in [3.63, 3.8) is 0 Å². The topological polar surface area (TPSA) is 148 Å². The zero-order valence-corrected chi connectivity index (χ0v) is 15.5. The van der Waals surface area contributed by atoms with Crippen molar-refractivity contribution in [1.82, 2.24) is 0 Å². The van der Waals surface area contributed by atoms with Gasteiger partial charge in [0.25, 0.3) is 0 Å². The number of aryl methyl sites for hydroxylation is 1. The van der Waals surface area contributed by atoms with E-state index in [1.54, 1.807) is 6.92 Å². The molecule has 28 heavy (non-hydrogen) atoms. The molecular weight excluding hydrogens is 376 g/mol. The van der Waals surface area contributed by atoms with Crippen molar-refractivity contribution in [2.24, 2.45) is 0 Å². The van der Waals surface area contributed by atoms with Gasteiger partial charge in [0, 0.05) is 18.6 Å². The summed E-state index contributed by atoms with van der Waals surface area (Å²) in [7, 11) is 2.65. The summed E-state index contributed by atoms with van der Waals surface area (Å²) in [6.45, 7) is 1.08. The highest BCUT2D eigenvalue weighted by atomic mass is 16.7. The van der Waals surface area contributed by atoms with E-state index in [-0.39, 0.29) is 22.3 Å². The van der Waals surface area contributed by atoms with Crippen LogP contribution in [0.5, 0.6) is 17.2 Å². The Labute approximate surface area is 159 Å². The zero-order valence-electron chi connectivity index (χ0n) is 15.5. The van der Waals surface area contributed by atoms with Crippen molar-refractivity contribution in [1.29, 1.82) is 0 Å². The van der Waals surface area contributed by atoms with Gasteiger partial charge >= 0.3 is 5.63 Å². The number of rotatable bonds is 5. The number of aliphatic hydroxyl groups is 3. The molecular formula is C18H22O10. The van der Waals surface area contributed by atoms with Gasteiger partial charge in [-0.05, 0) is 13.0 Å². The first-order valence-electron chi connectivity index (χ1n) is 8.48. The molecule has 2 aromatic rings. The molecule has 1 aliphatic heterocycles. The Kier molecular flexibility index (Phi) is 5.77. The first-order valence-corrected chi connectivity index (χ1v) is 8.48. The van der Waals surface area contributed by atoms with Gasteiger partial charge in [-0.25, -0.2) is 4.79 Å². The molecule has 1 aromatic carbocycles. The molecule has 0 saturated carbocycles. The van der Waals surface area contributed by atoms with E-state index in [1.807, 2.05) is 0 Å². The average molecular weight is 398 g/mol. The summed E-state index contributed by atoms with van der Waals surface area (Å²) in [4.78, 5) is 12.1. The normalized spacial score (nSPS) is 27.7. The van der Waals surface area contributed by atoms with Crippen LogP contribution in [0.25, 0.3) is 10.8 Å². The molecule has 1 aliphatic rings. The zero-order chi connectivity index (χ0) is 20.6. The minimum absolute atomic E-state index is 0.0405. The third-order valence-electron chi connectivity index (χ3n) is 4.61. The van der Waals surface area contributed by atoms with Crippen LogP contribution in [-0.4, -0.2) is 72.0 Å². The molecule has 0 bridgehead atoms. The van der Waals surface area contributed by atoms with Crippen molar-refractivity contribution in [3.8, 4) is 17.2 Å². The monoisotopic (exact) mass is 398 g/mol. The van der Waals surface area contributed by atoms with E-state index < -0.39 is 48.7 Å². The van der Waals surface area contributed by atoms with Crippen LogP contribution in [-0.2, 0) is 9.47 Å². The molecule has 1 aromatic heterocycles. The lowest BCUT2D eigenvalue weighted by Crippen LogP contribution is -2.60. The number of hydrogen-bond donors (Lipinski definition) is 4. The summed E-state index contributed by atoms with van der Waals surface area (Å²) in [6.07, 6.45) is -6.22. The SMILES string of the molecule is COc1c(O[C@@H]2O[C@H](CO)[C@@H](OC)[C@H](O)[C@H]2O)cc(O)c2c(=O)oc(C)cc12. The maximum absolute atomic E-state index is 12.1. The molecule has 10 heteroatoms. The predicted molar refractivity (Wildman–Crippen MR) is 94.6 cm³/mol.